The van der Waals surface area contributed by atoms with Crippen LogP contribution in [-0.2, 0) is 25.6 Å². The number of nitrogens with zero attached hydrogens (tertiary/aromatic N) is 1. The van der Waals surface area contributed by atoms with Crippen LogP contribution in [-0.4, -0.2) is 83.0 Å². The van der Waals surface area contributed by atoms with Crippen molar-refractivity contribution >= 4 is 52.3 Å². The third kappa shape index (κ3) is 9.94. The number of aromatic nitrogens is 1. The van der Waals surface area contributed by atoms with Crippen LogP contribution in [0.15, 0.2) is 35.5 Å². The predicted octanol–water partition coefficient (Wildman–Crippen LogP) is -0.985. The van der Waals surface area contributed by atoms with E-state index in [4.69, 9.17) is 22.3 Å². The molecule has 0 radical (unpaired) electrons. The number of aromatic amines is 1. The Kier molecular flexibility index (Phi) is 12.4. The zero-order chi connectivity index (χ0) is 28.1. The molecule has 208 valence electrons. The zero-order valence-electron chi connectivity index (χ0n) is 21.2. The number of aliphatic imine (C=N–C) groups is 1. The Morgan fingerprint density at radius 3 is 2.45 bits per heavy atom. The average molecular weight is 549 g/mol. The molecule has 2 aromatic rings. The number of carboxylic acid groups (broad SMARTS) is 1. The summed E-state index contributed by atoms with van der Waals surface area (Å²) in [5, 5.41) is 17.5. The van der Waals surface area contributed by atoms with Gasteiger partial charge in [-0.05, 0) is 42.9 Å². The maximum Gasteiger partial charge on any atom is 0.322 e. The minimum Gasteiger partial charge on any atom is -0.480 e. The quantitative estimate of drug-likeness (QED) is 0.0730. The number of para-hydroxylation sites is 1. The standard InChI is InChI=1S/C24H36N8O5S/c1-38-10-8-16(25)21(35)31-18(7-4-9-28-24(26)27)23(37)32-19(22(36)30-13-20(33)34)11-14-12-29-17-6-3-2-5-15(14)17/h2-3,5-6,12,16,18-19,29H,4,7-11,13,25H2,1H3,(H,30,36)(H,31,35)(H,32,37)(H,33,34)(H4,26,27,28). The van der Waals surface area contributed by atoms with E-state index in [9.17, 15) is 19.2 Å². The Hall–Kier alpha value is -3.78. The lowest BCUT2D eigenvalue weighted by Crippen LogP contribution is -2.56. The summed E-state index contributed by atoms with van der Waals surface area (Å²) in [6.45, 7) is -0.375. The van der Waals surface area contributed by atoms with Gasteiger partial charge in [0.2, 0.25) is 17.7 Å². The molecule has 0 aliphatic heterocycles. The van der Waals surface area contributed by atoms with Crippen LogP contribution in [0.4, 0.5) is 0 Å². The number of rotatable bonds is 16. The van der Waals surface area contributed by atoms with Crippen LogP contribution in [0.1, 0.15) is 24.8 Å². The Bertz CT molecular complexity index is 1130. The molecule has 2 rings (SSSR count). The summed E-state index contributed by atoms with van der Waals surface area (Å²) in [7, 11) is 0. The van der Waals surface area contributed by atoms with Crippen molar-refractivity contribution < 1.29 is 24.3 Å². The first-order valence-electron chi connectivity index (χ1n) is 12.1. The summed E-state index contributed by atoms with van der Waals surface area (Å²) in [5.74, 6) is -2.43. The van der Waals surface area contributed by atoms with Crippen LogP contribution in [0.3, 0.4) is 0 Å². The fraction of sp³-hybridized carbons (Fsp3) is 0.458. The fourth-order valence-electron chi connectivity index (χ4n) is 3.71. The van der Waals surface area contributed by atoms with Crippen LogP contribution >= 0.6 is 11.8 Å². The van der Waals surface area contributed by atoms with Crippen LogP contribution < -0.4 is 33.2 Å². The number of hydrogen-bond acceptors (Lipinski definition) is 7. The number of thioether (sulfide) groups is 1. The van der Waals surface area contributed by atoms with Crippen molar-refractivity contribution in [3.63, 3.8) is 0 Å². The molecule has 0 saturated heterocycles. The number of guanidine groups is 1. The Balaban J connectivity index is 2.22. The number of benzene rings is 1. The molecule has 0 aliphatic rings. The number of nitrogens with one attached hydrogen (secondary N) is 4. The summed E-state index contributed by atoms with van der Waals surface area (Å²) in [4.78, 5) is 56.9. The number of hydrogen-bond donors (Lipinski definition) is 8. The number of carbonyl (C=O) groups excluding carboxylic acids is 3. The number of fused-ring (bicyclic) bond motifs is 1. The predicted molar refractivity (Wildman–Crippen MR) is 147 cm³/mol. The minimum absolute atomic E-state index is 0.0864. The van der Waals surface area contributed by atoms with Crippen LogP contribution in [0.2, 0.25) is 0 Å². The summed E-state index contributed by atoms with van der Waals surface area (Å²) >= 11 is 1.55. The molecule has 0 fully saturated rings. The lowest BCUT2D eigenvalue weighted by Gasteiger charge is -2.24. The van der Waals surface area contributed by atoms with E-state index in [-0.39, 0.29) is 25.3 Å². The normalized spacial score (nSPS) is 13.2. The van der Waals surface area contributed by atoms with Gasteiger partial charge in [0.25, 0.3) is 0 Å². The summed E-state index contributed by atoms with van der Waals surface area (Å²) in [5.41, 5.74) is 18.3. The van der Waals surface area contributed by atoms with Crippen molar-refractivity contribution in [2.75, 3.05) is 25.1 Å². The third-order valence-electron chi connectivity index (χ3n) is 5.69. The molecule has 0 spiro atoms. The zero-order valence-corrected chi connectivity index (χ0v) is 22.1. The van der Waals surface area contributed by atoms with Gasteiger partial charge in [-0.3, -0.25) is 24.2 Å². The summed E-state index contributed by atoms with van der Waals surface area (Å²) < 4.78 is 0. The molecule has 13 nitrogen and oxygen atoms in total. The van der Waals surface area contributed by atoms with Crippen molar-refractivity contribution in [1.29, 1.82) is 0 Å². The van der Waals surface area contributed by atoms with Crippen LogP contribution in [0.25, 0.3) is 10.9 Å². The lowest BCUT2D eigenvalue weighted by atomic mass is 10.0. The second-order valence-electron chi connectivity index (χ2n) is 8.63. The molecule has 3 atom stereocenters. The van der Waals surface area contributed by atoms with Crippen molar-refractivity contribution in [3.05, 3.63) is 36.0 Å². The molecule has 11 N–H and O–H groups in total. The second-order valence-corrected chi connectivity index (χ2v) is 9.62. The maximum absolute atomic E-state index is 13.3. The molecule has 0 bridgehead atoms. The highest BCUT2D eigenvalue weighted by molar-refractivity contribution is 7.98. The molecule has 14 heteroatoms. The first kappa shape index (κ1) is 30.4. The van der Waals surface area contributed by atoms with Crippen molar-refractivity contribution in [2.45, 2.75) is 43.8 Å². The Labute approximate surface area is 224 Å². The van der Waals surface area contributed by atoms with E-state index in [0.717, 1.165) is 16.5 Å². The number of aliphatic carboxylic acids is 1. The topological polar surface area (TPSA) is 231 Å². The SMILES string of the molecule is CSCCC(N)C(=O)NC(CCCN=C(N)N)C(=O)NC(Cc1c[nH]c2ccccc12)C(=O)NCC(=O)O. The van der Waals surface area contributed by atoms with E-state index >= 15 is 0 Å². The lowest BCUT2D eigenvalue weighted by molar-refractivity contribution is -0.138. The molecule has 3 amide bonds. The number of carbonyl (C=O) groups is 4. The molecular weight excluding hydrogens is 512 g/mol. The van der Waals surface area contributed by atoms with Gasteiger partial charge >= 0.3 is 5.97 Å². The molecule has 0 saturated carbocycles. The largest absolute Gasteiger partial charge is 0.480 e. The molecule has 3 unspecified atom stereocenters. The van der Waals surface area contributed by atoms with Gasteiger partial charge in [-0.2, -0.15) is 11.8 Å². The minimum atomic E-state index is -1.22. The van der Waals surface area contributed by atoms with Gasteiger partial charge in [-0.1, -0.05) is 18.2 Å². The van der Waals surface area contributed by atoms with Crippen LogP contribution in [0.5, 0.6) is 0 Å². The van der Waals surface area contributed by atoms with Crippen LogP contribution in [0, 0.1) is 0 Å². The third-order valence-corrected chi connectivity index (χ3v) is 6.34. The molecule has 1 aromatic heterocycles. The fourth-order valence-corrected chi connectivity index (χ4v) is 4.20. The van der Waals surface area contributed by atoms with Gasteiger partial charge in [0.05, 0.1) is 6.04 Å². The van der Waals surface area contributed by atoms with Gasteiger partial charge in [0.1, 0.15) is 18.6 Å². The van der Waals surface area contributed by atoms with E-state index in [0.29, 0.717) is 18.6 Å². The van der Waals surface area contributed by atoms with E-state index in [2.05, 4.69) is 25.9 Å². The number of H-pyrrole nitrogens is 1. The highest BCUT2D eigenvalue weighted by Gasteiger charge is 2.29. The summed E-state index contributed by atoms with van der Waals surface area (Å²) in [6.07, 6.45) is 4.69. The van der Waals surface area contributed by atoms with Gasteiger partial charge < -0.3 is 43.2 Å². The second kappa shape index (κ2) is 15.5. The molecule has 38 heavy (non-hydrogen) atoms. The highest BCUT2D eigenvalue weighted by atomic mass is 32.2. The van der Waals surface area contributed by atoms with Crippen molar-refractivity contribution in [2.24, 2.45) is 22.2 Å². The smallest absolute Gasteiger partial charge is 0.322 e. The maximum atomic E-state index is 13.3. The van der Waals surface area contributed by atoms with Crippen molar-refractivity contribution in [1.82, 2.24) is 20.9 Å². The van der Waals surface area contributed by atoms with E-state index in [1.807, 2.05) is 30.5 Å². The van der Waals surface area contributed by atoms with Gasteiger partial charge in [0.15, 0.2) is 5.96 Å². The first-order chi connectivity index (χ1) is 18.1. The monoisotopic (exact) mass is 548 g/mol. The van der Waals surface area contributed by atoms with Gasteiger partial charge in [0, 0.05) is 30.1 Å². The summed E-state index contributed by atoms with van der Waals surface area (Å²) in [6, 6.07) is 4.52. The van der Waals surface area contributed by atoms with Gasteiger partial charge in [-0.25, -0.2) is 0 Å². The highest BCUT2D eigenvalue weighted by Crippen LogP contribution is 2.19. The Morgan fingerprint density at radius 1 is 1.05 bits per heavy atom. The number of nitrogens with two attached hydrogens (primary N) is 3. The molecule has 0 aliphatic carbocycles. The number of carboxylic acids is 1. The van der Waals surface area contributed by atoms with E-state index < -0.39 is 48.4 Å². The Morgan fingerprint density at radius 2 is 1.76 bits per heavy atom. The van der Waals surface area contributed by atoms with Crippen molar-refractivity contribution in [3.8, 4) is 0 Å². The number of amides is 3. The molecule has 1 heterocycles. The van der Waals surface area contributed by atoms with Gasteiger partial charge in [-0.15, -0.1) is 0 Å². The average Bonchev–Trinajstić information content (AvgIpc) is 3.29. The van der Waals surface area contributed by atoms with E-state index in [1.165, 1.54) is 0 Å². The van der Waals surface area contributed by atoms with E-state index in [1.54, 1.807) is 18.0 Å². The first-order valence-corrected chi connectivity index (χ1v) is 13.5. The molecule has 1 aromatic carbocycles. The molecular formula is C24H36N8O5S.